The third-order valence-corrected chi connectivity index (χ3v) is 5.67. The van der Waals surface area contributed by atoms with Crippen LogP contribution in [0, 0.1) is 0 Å². The first-order chi connectivity index (χ1) is 11.3. The van der Waals surface area contributed by atoms with E-state index in [4.69, 9.17) is 4.74 Å². The van der Waals surface area contributed by atoms with Gasteiger partial charge in [0.15, 0.2) is 0 Å². The predicted octanol–water partition coefficient (Wildman–Crippen LogP) is 6.53. The maximum absolute atomic E-state index is 5.94. The van der Waals surface area contributed by atoms with Crippen molar-refractivity contribution >= 4 is 47.4 Å². The van der Waals surface area contributed by atoms with E-state index in [1.807, 2.05) is 29.5 Å². The summed E-state index contributed by atoms with van der Waals surface area (Å²) in [6.07, 6.45) is 0. The number of ether oxygens (including phenoxy) is 1. The Bertz CT molecular complexity index is 959. The third-order valence-electron chi connectivity index (χ3n) is 3.91. The summed E-state index contributed by atoms with van der Waals surface area (Å²) in [6.45, 7) is 0.602. The van der Waals surface area contributed by atoms with Crippen molar-refractivity contribution in [3.8, 4) is 5.75 Å². The van der Waals surface area contributed by atoms with Gasteiger partial charge in [-0.1, -0.05) is 58.4 Å². The van der Waals surface area contributed by atoms with E-state index in [-0.39, 0.29) is 0 Å². The van der Waals surface area contributed by atoms with Gasteiger partial charge in [0.2, 0.25) is 0 Å². The Kier molecular flexibility index (Phi) is 4.06. The van der Waals surface area contributed by atoms with Crippen molar-refractivity contribution in [2.75, 3.05) is 0 Å². The predicted molar refractivity (Wildman–Crippen MR) is 103 cm³/mol. The lowest BCUT2D eigenvalue weighted by Crippen LogP contribution is -1.94. The second kappa shape index (κ2) is 6.34. The molecule has 23 heavy (non-hydrogen) atoms. The first-order valence-corrected chi connectivity index (χ1v) is 9.45. The average molecular weight is 383 g/mol. The van der Waals surface area contributed by atoms with Crippen molar-refractivity contribution in [3.05, 3.63) is 77.9 Å². The Morgan fingerprint density at radius 1 is 0.783 bits per heavy atom. The topological polar surface area (TPSA) is 9.23 Å². The highest BCUT2D eigenvalue weighted by molar-refractivity contribution is 9.08. The quantitative estimate of drug-likeness (QED) is 0.364. The molecule has 0 bridgehead atoms. The van der Waals surface area contributed by atoms with Crippen LogP contribution in [-0.4, -0.2) is 0 Å². The molecular formula is C20H15BrOS. The van der Waals surface area contributed by atoms with E-state index in [2.05, 4.69) is 64.5 Å². The van der Waals surface area contributed by atoms with E-state index in [1.54, 1.807) is 0 Å². The van der Waals surface area contributed by atoms with Crippen LogP contribution in [0.15, 0.2) is 66.7 Å². The van der Waals surface area contributed by atoms with E-state index in [9.17, 15) is 0 Å². The highest BCUT2D eigenvalue weighted by Gasteiger charge is 2.07. The Balaban J connectivity index is 1.66. The van der Waals surface area contributed by atoms with Gasteiger partial charge in [0, 0.05) is 25.5 Å². The fourth-order valence-corrected chi connectivity index (χ4v) is 4.26. The van der Waals surface area contributed by atoms with Crippen LogP contribution in [-0.2, 0) is 11.9 Å². The largest absolute Gasteiger partial charge is 0.489 e. The van der Waals surface area contributed by atoms with Gasteiger partial charge in [0.1, 0.15) is 12.4 Å². The minimum absolute atomic E-state index is 0.602. The SMILES string of the molecule is BrCc1ccc2c(c1)sc1cc(OCc3ccccc3)ccc12. The lowest BCUT2D eigenvalue weighted by Gasteiger charge is -2.06. The second-order valence-electron chi connectivity index (χ2n) is 5.50. The van der Waals surface area contributed by atoms with Gasteiger partial charge in [-0.2, -0.15) is 0 Å². The first kappa shape index (κ1) is 14.7. The summed E-state index contributed by atoms with van der Waals surface area (Å²) in [7, 11) is 0. The second-order valence-corrected chi connectivity index (χ2v) is 7.14. The van der Waals surface area contributed by atoms with E-state index in [1.165, 1.54) is 31.3 Å². The van der Waals surface area contributed by atoms with Crippen molar-refractivity contribution in [1.82, 2.24) is 0 Å². The molecular weight excluding hydrogens is 368 g/mol. The van der Waals surface area contributed by atoms with Gasteiger partial charge < -0.3 is 4.74 Å². The van der Waals surface area contributed by atoms with Gasteiger partial charge >= 0.3 is 0 Å². The van der Waals surface area contributed by atoms with Crippen LogP contribution in [0.25, 0.3) is 20.2 Å². The zero-order valence-corrected chi connectivity index (χ0v) is 14.9. The lowest BCUT2D eigenvalue weighted by atomic mass is 10.1. The maximum Gasteiger partial charge on any atom is 0.121 e. The molecule has 1 aromatic heterocycles. The van der Waals surface area contributed by atoms with Crippen LogP contribution in [0.3, 0.4) is 0 Å². The number of thiophene rings is 1. The summed E-state index contributed by atoms with van der Waals surface area (Å²) in [5.41, 5.74) is 2.50. The molecule has 0 aliphatic rings. The summed E-state index contributed by atoms with van der Waals surface area (Å²) in [4.78, 5) is 0. The average Bonchev–Trinajstić information content (AvgIpc) is 2.97. The van der Waals surface area contributed by atoms with Crippen LogP contribution in [0.2, 0.25) is 0 Å². The molecule has 1 heterocycles. The minimum Gasteiger partial charge on any atom is -0.489 e. The molecule has 3 heteroatoms. The number of alkyl halides is 1. The summed E-state index contributed by atoms with van der Waals surface area (Å²) >= 11 is 5.35. The molecule has 4 rings (SSSR count). The number of halogens is 1. The Hall–Kier alpha value is -1.84. The fourth-order valence-electron chi connectivity index (χ4n) is 2.72. The number of hydrogen-bond donors (Lipinski definition) is 0. The monoisotopic (exact) mass is 382 g/mol. The fraction of sp³-hybridized carbons (Fsp3) is 0.100. The van der Waals surface area contributed by atoms with E-state index >= 15 is 0 Å². The smallest absolute Gasteiger partial charge is 0.121 e. The Morgan fingerprint density at radius 3 is 2.30 bits per heavy atom. The highest BCUT2D eigenvalue weighted by Crippen LogP contribution is 2.36. The van der Waals surface area contributed by atoms with Crippen LogP contribution in [0.5, 0.6) is 5.75 Å². The summed E-state index contributed by atoms with van der Waals surface area (Å²) in [6, 6.07) is 23.3. The van der Waals surface area contributed by atoms with E-state index in [0.29, 0.717) is 6.61 Å². The van der Waals surface area contributed by atoms with Crippen LogP contribution < -0.4 is 4.74 Å². The zero-order valence-electron chi connectivity index (χ0n) is 12.5. The summed E-state index contributed by atoms with van der Waals surface area (Å²) in [5.74, 6) is 0.925. The lowest BCUT2D eigenvalue weighted by molar-refractivity contribution is 0.306. The van der Waals surface area contributed by atoms with Crippen LogP contribution >= 0.6 is 27.3 Å². The molecule has 0 radical (unpaired) electrons. The number of hydrogen-bond acceptors (Lipinski definition) is 2. The molecule has 0 fully saturated rings. The van der Waals surface area contributed by atoms with Gasteiger partial charge in [0.05, 0.1) is 0 Å². The van der Waals surface area contributed by atoms with E-state index in [0.717, 1.165) is 11.1 Å². The van der Waals surface area contributed by atoms with Crippen molar-refractivity contribution in [3.63, 3.8) is 0 Å². The number of benzene rings is 3. The van der Waals surface area contributed by atoms with Crippen LogP contribution in [0.1, 0.15) is 11.1 Å². The van der Waals surface area contributed by atoms with Crippen molar-refractivity contribution < 1.29 is 4.74 Å². The molecule has 0 saturated heterocycles. The molecule has 4 aromatic rings. The van der Waals surface area contributed by atoms with E-state index < -0.39 is 0 Å². The standard InChI is InChI=1S/C20H15BrOS/c21-12-15-6-8-17-18-9-7-16(11-20(18)23-19(17)10-15)22-13-14-4-2-1-3-5-14/h1-11H,12-13H2. The van der Waals surface area contributed by atoms with Crippen LogP contribution in [0.4, 0.5) is 0 Å². The molecule has 0 aliphatic carbocycles. The van der Waals surface area contributed by atoms with Gasteiger partial charge in [-0.05, 0) is 35.4 Å². The zero-order chi connectivity index (χ0) is 15.6. The van der Waals surface area contributed by atoms with Gasteiger partial charge in [0.25, 0.3) is 0 Å². The minimum atomic E-state index is 0.602. The summed E-state index contributed by atoms with van der Waals surface area (Å²) < 4.78 is 8.55. The summed E-state index contributed by atoms with van der Waals surface area (Å²) in [5, 5.41) is 3.52. The van der Waals surface area contributed by atoms with Gasteiger partial charge in [-0.25, -0.2) is 0 Å². The molecule has 0 atom stereocenters. The van der Waals surface area contributed by atoms with Gasteiger partial charge in [-0.3, -0.25) is 0 Å². The molecule has 1 nitrogen and oxygen atoms in total. The molecule has 0 N–H and O–H groups in total. The third kappa shape index (κ3) is 2.99. The molecule has 3 aromatic carbocycles. The van der Waals surface area contributed by atoms with Crippen molar-refractivity contribution in [2.45, 2.75) is 11.9 Å². The molecule has 0 aliphatic heterocycles. The number of fused-ring (bicyclic) bond motifs is 3. The normalized spacial score (nSPS) is 11.2. The maximum atomic E-state index is 5.94. The first-order valence-electron chi connectivity index (χ1n) is 7.51. The van der Waals surface area contributed by atoms with Gasteiger partial charge in [-0.15, -0.1) is 11.3 Å². The van der Waals surface area contributed by atoms with Crippen molar-refractivity contribution in [1.29, 1.82) is 0 Å². The molecule has 0 amide bonds. The molecule has 114 valence electrons. The van der Waals surface area contributed by atoms with Crippen molar-refractivity contribution in [2.24, 2.45) is 0 Å². The highest BCUT2D eigenvalue weighted by atomic mass is 79.9. The Morgan fingerprint density at radius 2 is 1.52 bits per heavy atom. The number of rotatable bonds is 4. The Labute approximate surface area is 147 Å². The molecule has 0 spiro atoms. The molecule has 0 unspecified atom stereocenters. The molecule has 0 saturated carbocycles.